The molecule has 1 fully saturated rings. The summed E-state index contributed by atoms with van der Waals surface area (Å²) in [6, 6.07) is 8.21. The third-order valence-corrected chi connectivity index (χ3v) is 6.44. The smallest absolute Gasteiger partial charge is 0.234 e. The molecular formula is C22H28N4O3S. The van der Waals surface area contributed by atoms with E-state index in [1.54, 1.807) is 11.8 Å². The number of anilines is 1. The number of benzene rings is 1. The van der Waals surface area contributed by atoms with Crippen molar-refractivity contribution in [2.24, 2.45) is 0 Å². The molecule has 1 N–H and O–H groups in total. The van der Waals surface area contributed by atoms with Crippen LogP contribution in [0.4, 0.5) is 5.69 Å². The molecule has 160 valence electrons. The van der Waals surface area contributed by atoms with Crippen LogP contribution < -0.4 is 5.32 Å². The highest BCUT2D eigenvalue weighted by atomic mass is 32.2. The van der Waals surface area contributed by atoms with Gasteiger partial charge in [0.25, 0.3) is 0 Å². The van der Waals surface area contributed by atoms with Gasteiger partial charge in [-0.25, -0.2) is 0 Å². The van der Waals surface area contributed by atoms with Crippen molar-refractivity contribution in [3.8, 4) is 0 Å². The Labute approximate surface area is 180 Å². The fourth-order valence-electron chi connectivity index (χ4n) is 3.70. The van der Waals surface area contributed by atoms with Crippen LogP contribution in [0.2, 0.25) is 0 Å². The maximum absolute atomic E-state index is 12.3. The van der Waals surface area contributed by atoms with Gasteiger partial charge in [-0.3, -0.25) is 9.69 Å². The Kier molecular flexibility index (Phi) is 6.76. The Hall–Kier alpha value is -2.29. The summed E-state index contributed by atoms with van der Waals surface area (Å²) < 4.78 is 12.9. The number of thioether (sulfide) groups is 1. The van der Waals surface area contributed by atoms with Crippen LogP contribution in [0.25, 0.3) is 10.9 Å². The van der Waals surface area contributed by atoms with E-state index in [9.17, 15) is 4.79 Å². The van der Waals surface area contributed by atoms with Crippen molar-refractivity contribution in [1.29, 1.82) is 0 Å². The van der Waals surface area contributed by atoms with Gasteiger partial charge in [0.05, 0.1) is 24.7 Å². The number of nitrogens with zero attached hydrogens (tertiary/aromatic N) is 3. The summed E-state index contributed by atoms with van der Waals surface area (Å²) >= 11 is 1.56. The standard InChI is InChI=1S/C22H28N4O3S/c1-16-20(17(2)29-24-16)14-30-15-22(27)23-19-3-4-21-18(13-19)5-6-26(21)8-7-25-9-11-28-12-10-25/h3-6,13H,7-12,14-15H2,1-2H3,(H,23,27). The van der Waals surface area contributed by atoms with E-state index in [2.05, 4.69) is 38.3 Å². The molecule has 1 saturated heterocycles. The second-order valence-electron chi connectivity index (χ2n) is 7.58. The molecule has 8 heteroatoms. The first-order chi connectivity index (χ1) is 14.6. The molecule has 1 aliphatic rings. The largest absolute Gasteiger partial charge is 0.379 e. The number of aryl methyl sites for hydroxylation is 2. The van der Waals surface area contributed by atoms with E-state index >= 15 is 0 Å². The van der Waals surface area contributed by atoms with Gasteiger partial charge in [0.2, 0.25) is 5.91 Å². The number of carbonyl (C=O) groups is 1. The van der Waals surface area contributed by atoms with E-state index in [4.69, 9.17) is 9.26 Å². The number of carbonyl (C=O) groups excluding carboxylic acids is 1. The summed E-state index contributed by atoms with van der Waals surface area (Å²) in [7, 11) is 0. The van der Waals surface area contributed by atoms with Crippen molar-refractivity contribution in [1.82, 2.24) is 14.6 Å². The third-order valence-electron chi connectivity index (χ3n) is 5.48. The average molecular weight is 429 g/mol. The van der Waals surface area contributed by atoms with Gasteiger partial charge in [0.1, 0.15) is 5.76 Å². The fraction of sp³-hybridized carbons (Fsp3) is 0.455. The van der Waals surface area contributed by atoms with E-state index in [1.165, 1.54) is 5.52 Å². The lowest BCUT2D eigenvalue weighted by molar-refractivity contribution is -0.113. The first-order valence-electron chi connectivity index (χ1n) is 10.3. The number of hydrogen-bond acceptors (Lipinski definition) is 6. The topological polar surface area (TPSA) is 72.5 Å². The molecule has 0 saturated carbocycles. The molecule has 0 unspecified atom stereocenters. The number of fused-ring (bicyclic) bond motifs is 1. The van der Waals surface area contributed by atoms with Crippen molar-refractivity contribution in [3.05, 3.63) is 47.5 Å². The number of rotatable bonds is 8. The maximum Gasteiger partial charge on any atom is 0.234 e. The zero-order valence-corrected chi connectivity index (χ0v) is 18.3. The van der Waals surface area contributed by atoms with Crippen molar-refractivity contribution in [2.75, 3.05) is 43.9 Å². The predicted octanol–water partition coefficient (Wildman–Crippen LogP) is 3.45. The van der Waals surface area contributed by atoms with E-state index < -0.39 is 0 Å². The molecule has 0 atom stereocenters. The molecule has 7 nitrogen and oxygen atoms in total. The fourth-order valence-corrected chi connectivity index (χ4v) is 4.67. The molecule has 0 radical (unpaired) electrons. The molecule has 3 aromatic rings. The SMILES string of the molecule is Cc1noc(C)c1CSCC(=O)Nc1ccc2c(ccn2CCN2CCOCC2)c1. The molecule has 1 amide bonds. The van der Waals surface area contributed by atoms with Gasteiger partial charge in [-0.05, 0) is 38.1 Å². The highest BCUT2D eigenvalue weighted by molar-refractivity contribution is 7.99. The van der Waals surface area contributed by atoms with Crippen molar-refractivity contribution in [2.45, 2.75) is 26.1 Å². The molecule has 4 rings (SSSR count). The lowest BCUT2D eigenvalue weighted by atomic mass is 10.2. The van der Waals surface area contributed by atoms with Crippen LogP contribution in [0.3, 0.4) is 0 Å². The van der Waals surface area contributed by atoms with Crippen molar-refractivity contribution >= 4 is 34.3 Å². The highest BCUT2D eigenvalue weighted by Crippen LogP contribution is 2.22. The van der Waals surface area contributed by atoms with Gasteiger partial charge >= 0.3 is 0 Å². The van der Waals surface area contributed by atoms with E-state index in [0.717, 1.165) is 73.2 Å². The Morgan fingerprint density at radius 1 is 1.20 bits per heavy atom. The van der Waals surface area contributed by atoms with Crippen LogP contribution in [-0.2, 0) is 21.8 Å². The van der Waals surface area contributed by atoms with Crippen LogP contribution in [0.5, 0.6) is 0 Å². The summed E-state index contributed by atoms with van der Waals surface area (Å²) in [6.07, 6.45) is 2.12. The van der Waals surface area contributed by atoms with E-state index in [-0.39, 0.29) is 5.91 Å². The number of hydrogen-bond donors (Lipinski definition) is 1. The molecule has 0 bridgehead atoms. The number of amides is 1. The summed E-state index contributed by atoms with van der Waals surface area (Å²) in [6.45, 7) is 9.46. The lowest BCUT2D eigenvalue weighted by Crippen LogP contribution is -2.38. The second-order valence-corrected chi connectivity index (χ2v) is 8.57. The van der Waals surface area contributed by atoms with Crippen LogP contribution in [0.1, 0.15) is 17.0 Å². The van der Waals surface area contributed by atoms with Crippen LogP contribution in [-0.4, -0.2) is 59.1 Å². The molecule has 0 aliphatic carbocycles. The predicted molar refractivity (Wildman–Crippen MR) is 120 cm³/mol. The minimum Gasteiger partial charge on any atom is -0.379 e. The molecule has 3 heterocycles. The maximum atomic E-state index is 12.3. The van der Waals surface area contributed by atoms with Crippen LogP contribution >= 0.6 is 11.8 Å². The second kappa shape index (κ2) is 9.68. The first kappa shape index (κ1) is 21.0. The summed E-state index contributed by atoms with van der Waals surface area (Å²) in [5.74, 6) is 1.93. The lowest BCUT2D eigenvalue weighted by Gasteiger charge is -2.26. The Morgan fingerprint density at radius 2 is 2.03 bits per heavy atom. The minimum absolute atomic E-state index is 0.00198. The number of nitrogens with one attached hydrogen (secondary N) is 1. The highest BCUT2D eigenvalue weighted by Gasteiger charge is 2.12. The van der Waals surface area contributed by atoms with E-state index in [1.807, 2.05) is 26.0 Å². The monoisotopic (exact) mass is 428 g/mol. The molecular weight excluding hydrogens is 400 g/mol. The zero-order valence-electron chi connectivity index (χ0n) is 17.5. The number of ether oxygens (including phenoxy) is 1. The van der Waals surface area contributed by atoms with Gasteiger partial charge in [-0.15, -0.1) is 11.8 Å². The van der Waals surface area contributed by atoms with Crippen molar-refractivity contribution in [3.63, 3.8) is 0 Å². The average Bonchev–Trinajstić information content (AvgIpc) is 3.30. The van der Waals surface area contributed by atoms with E-state index in [0.29, 0.717) is 5.75 Å². The summed E-state index contributed by atoms with van der Waals surface area (Å²) in [5.41, 5.74) is 3.99. The summed E-state index contributed by atoms with van der Waals surface area (Å²) in [4.78, 5) is 14.8. The quantitative estimate of drug-likeness (QED) is 0.593. The van der Waals surface area contributed by atoms with Crippen molar-refractivity contribution < 1.29 is 14.1 Å². The normalized spacial score (nSPS) is 15.0. The van der Waals surface area contributed by atoms with Gasteiger partial charge in [-0.2, -0.15) is 0 Å². The van der Waals surface area contributed by atoms with Gasteiger partial charge in [-0.1, -0.05) is 5.16 Å². The molecule has 2 aromatic heterocycles. The Morgan fingerprint density at radius 3 is 2.80 bits per heavy atom. The molecule has 1 aromatic carbocycles. The zero-order chi connectivity index (χ0) is 20.9. The van der Waals surface area contributed by atoms with Crippen LogP contribution in [0, 0.1) is 13.8 Å². The number of aromatic nitrogens is 2. The first-order valence-corrected chi connectivity index (χ1v) is 11.4. The minimum atomic E-state index is -0.00198. The molecule has 0 spiro atoms. The molecule has 1 aliphatic heterocycles. The Balaban J connectivity index is 1.29. The third kappa shape index (κ3) is 5.06. The molecule has 30 heavy (non-hydrogen) atoms. The van der Waals surface area contributed by atoms with Crippen LogP contribution in [0.15, 0.2) is 35.0 Å². The Bertz CT molecular complexity index is 988. The van der Waals surface area contributed by atoms with Gasteiger partial charge in [0.15, 0.2) is 0 Å². The van der Waals surface area contributed by atoms with Gasteiger partial charge in [0, 0.05) is 60.3 Å². The van der Waals surface area contributed by atoms with Gasteiger partial charge < -0.3 is 19.1 Å². The summed E-state index contributed by atoms with van der Waals surface area (Å²) in [5, 5.41) is 8.10. The number of morpholine rings is 1.